The van der Waals surface area contributed by atoms with Gasteiger partial charge in [0, 0.05) is 32.1 Å². The second kappa shape index (κ2) is 6.98. The molecule has 0 aromatic rings. The first-order valence-electron chi connectivity index (χ1n) is 7.52. The zero-order chi connectivity index (χ0) is 17.1. The van der Waals surface area contributed by atoms with Crippen LogP contribution >= 0.6 is 0 Å². The first-order valence-corrected chi connectivity index (χ1v) is 7.52. The lowest BCUT2D eigenvalue weighted by atomic mass is 9.94. The Balaban J connectivity index is 2.53. The molecule has 126 valence electrons. The first kappa shape index (κ1) is 18.3. The normalized spacial score (nSPS) is 18.6. The van der Waals surface area contributed by atoms with Crippen molar-refractivity contribution in [2.75, 3.05) is 26.2 Å². The van der Waals surface area contributed by atoms with Crippen molar-refractivity contribution in [1.82, 2.24) is 9.80 Å². The van der Waals surface area contributed by atoms with Gasteiger partial charge in [-0.3, -0.25) is 9.59 Å². The molecule has 22 heavy (non-hydrogen) atoms. The number of carbonyl (C=O) groups is 3. The van der Waals surface area contributed by atoms with Crippen LogP contribution in [0.3, 0.4) is 0 Å². The standard InChI is InChI=1S/C15H26N2O5/c1-10(11(2)13(19)20)12(18)16-6-8-17(9-7-16)14(21)22-15(3,4)5/h10-11H,6-9H2,1-5H3,(H,19,20). The van der Waals surface area contributed by atoms with Crippen LogP contribution in [0.5, 0.6) is 0 Å². The molecule has 0 saturated carbocycles. The van der Waals surface area contributed by atoms with Crippen molar-refractivity contribution in [1.29, 1.82) is 0 Å². The van der Waals surface area contributed by atoms with Crippen molar-refractivity contribution in [2.24, 2.45) is 11.8 Å². The molecule has 0 bridgehead atoms. The number of rotatable bonds is 3. The van der Waals surface area contributed by atoms with E-state index >= 15 is 0 Å². The number of aliphatic carboxylic acids is 1. The van der Waals surface area contributed by atoms with Crippen LogP contribution in [-0.2, 0) is 14.3 Å². The quantitative estimate of drug-likeness (QED) is 0.851. The topological polar surface area (TPSA) is 87.2 Å². The molecule has 1 N–H and O–H groups in total. The molecular weight excluding hydrogens is 288 g/mol. The van der Waals surface area contributed by atoms with E-state index in [2.05, 4.69) is 0 Å². The van der Waals surface area contributed by atoms with Gasteiger partial charge in [0.05, 0.1) is 5.92 Å². The van der Waals surface area contributed by atoms with E-state index < -0.39 is 23.4 Å². The summed E-state index contributed by atoms with van der Waals surface area (Å²) in [6.07, 6.45) is -0.383. The first-order chi connectivity index (χ1) is 10.0. The summed E-state index contributed by atoms with van der Waals surface area (Å²) in [5.41, 5.74) is -0.546. The van der Waals surface area contributed by atoms with Gasteiger partial charge in [-0.25, -0.2) is 4.79 Å². The summed E-state index contributed by atoms with van der Waals surface area (Å²) in [5, 5.41) is 8.98. The molecule has 7 heteroatoms. The van der Waals surface area contributed by atoms with Gasteiger partial charge >= 0.3 is 12.1 Å². The largest absolute Gasteiger partial charge is 0.481 e. The van der Waals surface area contributed by atoms with Crippen molar-refractivity contribution in [3.63, 3.8) is 0 Å². The molecule has 2 atom stereocenters. The molecule has 2 unspecified atom stereocenters. The van der Waals surface area contributed by atoms with Crippen LogP contribution in [0.2, 0.25) is 0 Å². The molecule has 2 amide bonds. The van der Waals surface area contributed by atoms with Gasteiger partial charge in [-0.2, -0.15) is 0 Å². The van der Waals surface area contributed by atoms with Crippen LogP contribution in [0.4, 0.5) is 4.79 Å². The molecule has 0 radical (unpaired) electrons. The predicted octanol–water partition coefficient (Wildman–Crippen LogP) is 1.42. The third-order valence-corrected chi connectivity index (χ3v) is 3.77. The molecule has 1 fully saturated rings. The summed E-state index contributed by atoms with van der Waals surface area (Å²) in [6.45, 7) is 10.2. The fraction of sp³-hybridized carbons (Fsp3) is 0.800. The van der Waals surface area contributed by atoms with Gasteiger partial charge < -0.3 is 19.6 Å². The van der Waals surface area contributed by atoms with Crippen molar-refractivity contribution < 1.29 is 24.2 Å². The van der Waals surface area contributed by atoms with Crippen LogP contribution in [-0.4, -0.2) is 64.7 Å². The SMILES string of the molecule is CC(C(=O)O)C(C)C(=O)N1CCN(C(=O)OC(C)(C)C)CC1. The highest BCUT2D eigenvalue weighted by Gasteiger charge is 2.32. The Morgan fingerprint density at radius 2 is 1.41 bits per heavy atom. The molecule has 0 aromatic carbocycles. The van der Waals surface area contributed by atoms with E-state index in [1.165, 1.54) is 6.92 Å². The van der Waals surface area contributed by atoms with E-state index in [0.717, 1.165) is 0 Å². The molecular formula is C15H26N2O5. The number of carbonyl (C=O) groups excluding carboxylic acids is 2. The number of ether oxygens (including phenoxy) is 1. The third kappa shape index (κ3) is 4.89. The number of hydrogen-bond donors (Lipinski definition) is 1. The Hall–Kier alpha value is -1.79. The predicted molar refractivity (Wildman–Crippen MR) is 80.4 cm³/mol. The van der Waals surface area contributed by atoms with E-state index in [1.807, 2.05) is 0 Å². The minimum Gasteiger partial charge on any atom is -0.481 e. The summed E-state index contributed by atoms with van der Waals surface area (Å²) in [5.74, 6) is -2.46. The van der Waals surface area contributed by atoms with Crippen molar-refractivity contribution in [3.05, 3.63) is 0 Å². The van der Waals surface area contributed by atoms with Crippen molar-refractivity contribution >= 4 is 18.0 Å². The Kier molecular flexibility index (Phi) is 5.79. The fourth-order valence-corrected chi connectivity index (χ4v) is 2.15. The fourth-order valence-electron chi connectivity index (χ4n) is 2.15. The van der Waals surface area contributed by atoms with Crippen molar-refractivity contribution in [3.8, 4) is 0 Å². The molecule has 1 saturated heterocycles. The number of carboxylic acids is 1. The molecule has 0 aliphatic carbocycles. The van der Waals surface area contributed by atoms with Gasteiger partial charge in [-0.1, -0.05) is 13.8 Å². The summed E-state index contributed by atoms with van der Waals surface area (Å²) in [7, 11) is 0. The highest BCUT2D eigenvalue weighted by atomic mass is 16.6. The van der Waals surface area contributed by atoms with E-state index in [-0.39, 0.29) is 12.0 Å². The summed E-state index contributed by atoms with van der Waals surface area (Å²) in [6, 6.07) is 0. The van der Waals surface area contributed by atoms with Gasteiger partial charge in [0.25, 0.3) is 0 Å². The maximum atomic E-state index is 12.3. The maximum Gasteiger partial charge on any atom is 0.410 e. The second-order valence-electron chi connectivity index (χ2n) is 6.71. The van der Waals surface area contributed by atoms with E-state index in [4.69, 9.17) is 9.84 Å². The Labute approximate surface area is 131 Å². The summed E-state index contributed by atoms with van der Waals surface area (Å²) >= 11 is 0. The minimum atomic E-state index is -0.978. The van der Waals surface area contributed by atoms with Gasteiger partial charge in [0.1, 0.15) is 5.60 Å². The van der Waals surface area contributed by atoms with Gasteiger partial charge in [0.2, 0.25) is 5.91 Å². The summed E-state index contributed by atoms with van der Waals surface area (Å²) in [4.78, 5) is 38.4. The Morgan fingerprint density at radius 3 is 1.82 bits per heavy atom. The van der Waals surface area contributed by atoms with E-state index in [9.17, 15) is 14.4 Å². The Bertz CT molecular complexity index is 436. The highest BCUT2D eigenvalue weighted by molar-refractivity contribution is 5.84. The van der Waals surface area contributed by atoms with E-state index in [1.54, 1.807) is 37.5 Å². The van der Waals surface area contributed by atoms with Gasteiger partial charge in [0.15, 0.2) is 0 Å². The van der Waals surface area contributed by atoms with Crippen LogP contribution in [0.25, 0.3) is 0 Å². The minimum absolute atomic E-state index is 0.182. The van der Waals surface area contributed by atoms with Gasteiger partial charge in [-0.05, 0) is 20.8 Å². The number of amides is 2. The van der Waals surface area contributed by atoms with Gasteiger partial charge in [-0.15, -0.1) is 0 Å². The van der Waals surface area contributed by atoms with Crippen LogP contribution in [0.1, 0.15) is 34.6 Å². The highest BCUT2D eigenvalue weighted by Crippen LogP contribution is 2.17. The average Bonchev–Trinajstić information content (AvgIpc) is 2.43. The molecule has 0 spiro atoms. The maximum absolute atomic E-state index is 12.3. The van der Waals surface area contributed by atoms with Crippen LogP contribution in [0.15, 0.2) is 0 Å². The Morgan fingerprint density at radius 1 is 0.955 bits per heavy atom. The molecule has 0 aromatic heterocycles. The number of hydrogen-bond acceptors (Lipinski definition) is 4. The zero-order valence-corrected chi connectivity index (χ0v) is 14.0. The van der Waals surface area contributed by atoms with Crippen LogP contribution in [0, 0.1) is 11.8 Å². The second-order valence-corrected chi connectivity index (χ2v) is 6.71. The van der Waals surface area contributed by atoms with E-state index in [0.29, 0.717) is 26.2 Å². The summed E-state index contributed by atoms with van der Waals surface area (Å²) < 4.78 is 5.30. The van der Waals surface area contributed by atoms with Crippen molar-refractivity contribution in [2.45, 2.75) is 40.2 Å². The molecule has 1 aliphatic heterocycles. The monoisotopic (exact) mass is 314 g/mol. The third-order valence-electron chi connectivity index (χ3n) is 3.77. The number of piperazine rings is 1. The lowest BCUT2D eigenvalue weighted by Gasteiger charge is -2.37. The zero-order valence-electron chi connectivity index (χ0n) is 14.0. The molecule has 7 nitrogen and oxygen atoms in total. The lowest BCUT2D eigenvalue weighted by Crippen LogP contribution is -2.53. The average molecular weight is 314 g/mol. The molecule has 1 rings (SSSR count). The number of nitrogens with zero attached hydrogens (tertiary/aromatic N) is 2. The smallest absolute Gasteiger partial charge is 0.410 e. The van der Waals surface area contributed by atoms with Crippen LogP contribution < -0.4 is 0 Å². The number of carboxylic acid groups (broad SMARTS) is 1. The molecule has 1 heterocycles. The molecule has 1 aliphatic rings. The lowest BCUT2D eigenvalue weighted by molar-refractivity contribution is -0.149.